The fourth-order valence-corrected chi connectivity index (χ4v) is 1.51. The van der Waals surface area contributed by atoms with Gasteiger partial charge in [-0.2, -0.15) is 0 Å². The summed E-state index contributed by atoms with van der Waals surface area (Å²) >= 11 is 0. The predicted octanol–water partition coefficient (Wildman–Crippen LogP) is 1.18. The summed E-state index contributed by atoms with van der Waals surface area (Å²) in [6.07, 6.45) is 2.10. The first-order chi connectivity index (χ1) is 6.19. The average Bonchev–Trinajstić information content (AvgIpc) is 2.82. The molecule has 0 heterocycles. The van der Waals surface area contributed by atoms with Crippen molar-refractivity contribution in [2.24, 2.45) is 11.8 Å². The first-order valence-electron chi connectivity index (χ1n) is 5.00. The molecule has 1 saturated carbocycles. The van der Waals surface area contributed by atoms with Gasteiger partial charge in [-0.25, -0.2) is 0 Å². The number of nitrogens with one attached hydrogen (secondary N) is 1. The molecule has 76 valence electrons. The molecule has 1 aliphatic carbocycles. The van der Waals surface area contributed by atoms with Crippen LogP contribution in [0.4, 0.5) is 0 Å². The van der Waals surface area contributed by atoms with Crippen molar-refractivity contribution in [3.05, 3.63) is 0 Å². The molecule has 1 rings (SSSR count). The lowest BCUT2D eigenvalue weighted by Crippen LogP contribution is -2.38. The number of esters is 1. The van der Waals surface area contributed by atoms with Crippen molar-refractivity contribution in [2.75, 3.05) is 13.7 Å². The van der Waals surface area contributed by atoms with E-state index in [0.717, 1.165) is 24.8 Å². The largest absolute Gasteiger partial charge is 0.468 e. The van der Waals surface area contributed by atoms with E-state index in [2.05, 4.69) is 17.0 Å². The molecular formula is C10H19NO2. The summed E-state index contributed by atoms with van der Waals surface area (Å²) in [4.78, 5) is 11.2. The van der Waals surface area contributed by atoms with Gasteiger partial charge in [0.15, 0.2) is 0 Å². The van der Waals surface area contributed by atoms with E-state index in [0.29, 0.717) is 0 Å². The first-order valence-corrected chi connectivity index (χ1v) is 5.00. The van der Waals surface area contributed by atoms with Gasteiger partial charge in [0.2, 0.25) is 0 Å². The van der Waals surface area contributed by atoms with Crippen LogP contribution >= 0.6 is 0 Å². The third kappa shape index (κ3) is 2.99. The van der Waals surface area contributed by atoms with Crippen LogP contribution in [0.25, 0.3) is 0 Å². The second-order valence-corrected chi connectivity index (χ2v) is 3.87. The summed E-state index contributed by atoms with van der Waals surface area (Å²) in [5.74, 6) is 1.47. The molecule has 1 N–H and O–H groups in total. The number of rotatable bonds is 5. The Morgan fingerprint density at radius 3 is 2.69 bits per heavy atom. The summed E-state index contributed by atoms with van der Waals surface area (Å²) in [5.41, 5.74) is 0. The van der Waals surface area contributed by atoms with E-state index in [1.54, 1.807) is 0 Å². The molecule has 0 saturated heterocycles. The quantitative estimate of drug-likeness (QED) is 0.654. The zero-order valence-corrected chi connectivity index (χ0v) is 8.67. The second kappa shape index (κ2) is 4.61. The first kappa shape index (κ1) is 10.5. The summed E-state index contributed by atoms with van der Waals surface area (Å²) in [6.45, 7) is 5.19. The van der Waals surface area contributed by atoms with E-state index in [-0.39, 0.29) is 12.0 Å². The summed E-state index contributed by atoms with van der Waals surface area (Å²) in [7, 11) is 1.44. The highest BCUT2D eigenvalue weighted by molar-refractivity contribution is 5.75. The van der Waals surface area contributed by atoms with Gasteiger partial charge >= 0.3 is 5.97 Å². The molecule has 0 bridgehead atoms. The second-order valence-electron chi connectivity index (χ2n) is 3.87. The lowest BCUT2D eigenvalue weighted by molar-refractivity contribution is -0.143. The van der Waals surface area contributed by atoms with Crippen LogP contribution in [0.3, 0.4) is 0 Å². The van der Waals surface area contributed by atoms with E-state index in [4.69, 9.17) is 0 Å². The maximum Gasteiger partial charge on any atom is 0.322 e. The van der Waals surface area contributed by atoms with E-state index in [9.17, 15) is 4.79 Å². The highest BCUT2D eigenvalue weighted by Gasteiger charge is 2.33. The lowest BCUT2D eigenvalue weighted by Gasteiger charge is -2.13. The minimum Gasteiger partial charge on any atom is -0.468 e. The molecule has 0 amide bonds. The molecule has 0 radical (unpaired) electrons. The molecule has 1 aliphatic rings. The van der Waals surface area contributed by atoms with Crippen molar-refractivity contribution in [1.82, 2.24) is 5.32 Å². The van der Waals surface area contributed by atoms with Crippen LogP contribution in [-0.4, -0.2) is 25.7 Å². The molecule has 13 heavy (non-hydrogen) atoms. The lowest BCUT2D eigenvalue weighted by atomic mass is 10.2. The van der Waals surface area contributed by atoms with Crippen molar-refractivity contribution in [1.29, 1.82) is 0 Å². The van der Waals surface area contributed by atoms with Gasteiger partial charge in [0.1, 0.15) is 6.04 Å². The van der Waals surface area contributed by atoms with Gasteiger partial charge in [-0.3, -0.25) is 4.79 Å². The molecule has 0 aliphatic heterocycles. The third-order valence-corrected chi connectivity index (χ3v) is 2.80. The molecule has 1 fully saturated rings. The van der Waals surface area contributed by atoms with Gasteiger partial charge in [-0.15, -0.1) is 0 Å². The Labute approximate surface area is 79.8 Å². The van der Waals surface area contributed by atoms with Gasteiger partial charge in [-0.1, -0.05) is 13.8 Å². The molecule has 0 aromatic heterocycles. The standard InChI is InChI=1S/C10H19NO2/c1-4-9(10(12)13-3)11-6-8-5-7(8)2/h7-9,11H,4-6H2,1-3H3. The van der Waals surface area contributed by atoms with E-state index in [1.165, 1.54) is 13.5 Å². The van der Waals surface area contributed by atoms with Gasteiger partial charge in [0, 0.05) is 0 Å². The molecule has 0 aromatic rings. The van der Waals surface area contributed by atoms with Crippen molar-refractivity contribution < 1.29 is 9.53 Å². The van der Waals surface area contributed by atoms with Crippen LogP contribution in [0.15, 0.2) is 0 Å². The van der Waals surface area contributed by atoms with Crippen LogP contribution in [0.1, 0.15) is 26.7 Å². The van der Waals surface area contributed by atoms with Crippen molar-refractivity contribution in [2.45, 2.75) is 32.7 Å². The van der Waals surface area contributed by atoms with Crippen LogP contribution in [0.2, 0.25) is 0 Å². The summed E-state index contributed by atoms with van der Waals surface area (Å²) in [6, 6.07) is -0.113. The molecule has 0 spiro atoms. The smallest absolute Gasteiger partial charge is 0.322 e. The van der Waals surface area contributed by atoms with Crippen molar-refractivity contribution in [3.63, 3.8) is 0 Å². The fourth-order valence-electron chi connectivity index (χ4n) is 1.51. The Morgan fingerprint density at radius 1 is 1.69 bits per heavy atom. The number of carbonyl (C=O) groups is 1. The highest BCUT2D eigenvalue weighted by Crippen LogP contribution is 2.36. The zero-order chi connectivity index (χ0) is 9.84. The monoisotopic (exact) mass is 185 g/mol. The van der Waals surface area contributed by atoms with Crippen molar-refractivity contribution >= 4 is 5.97 Å². The number of carbonyl (C=O) groups excluding carboxylic acids is 1. The zero-order valence-electron chi connectivity index (χ0n) is 8.67. The Bertz CT molecular complexity index is 182. The predicted molar refractivity (Wildman–Crippen MR) is 51.4 cm³/mol. The third-order valence-electron chi connectivity index (χ3n) is 2.80. The average molecular weight is 185 g/mol. The van der Waals surface area contributed by atoms with Gasteiger partial charge in [0.25, 0.3) is 0 Å². The topological polar surface area (TPSA) is 38.3 Å². The number of hydrogen-bond acceptors (Lipinski definition) is 3. The Morgan fingerprint density at radius 2 is 2.31 bits per heavy atom. The van der Waals surface area contributed by atoms with Crippen molar-refractivity contribution in [3.8, 4) is 0 Å². The maximum absolute atomic E-state index is 11.2. The maximum atomic E-state index is 11.2. The minimum absolute atomic E-state index is 0.113. The summed E-state index contributed by atoms with van der Waals surface area (Å²) in [5, 5.41) is 3.24. The van der Waals surface area contributed by atoms with E-state index < -0.39 is 0 Å². The van der Waals surface area contributed by atoms with Crippen LogP contribution in [0.5, 0.6) is 0 Å². The molecule has 3 unspecified atom stereocenters. The van der Waals surface area contributed by atoms with Crippen LogP contribution < -0.4 is 5.32 Å². The fraction of sp³-hybridized carbons (Fsp3) is 0.900. The summed E-state index contributed by atoms with van der Waals surface area (Å²) < 4.78 is 4.68. The number of hydrogen-bond donors (Lipinski definition) is 1. The van der Waals surface area contributed by atoms with Crippen LogP contribution in [0, 0.1) is 11.8 Å². The van der Waals surface area contributed by atoms with Gasteiger partial charge < -0.3 is 10.1 Å². The SMILES string of the molecule is CCC(NCC1CC1C)C(=O)OC. The van der Waals surface area contributed by atoms with E-state index in [1.807, 2.05) is 6.92 Å². The van der Waals surface area contributed by atoms with Crippen LogP contribution in [-0.2, 0) is 9.53 Å². The minimum atomic E-state index is -0.143. The molecule has 3 heteroatoms. The number of ether oxygens (including phenoxy) is 1. The molecular weight excluding hydrogens is 166 g/mol. The Hall–Kier alpha value is -0.570. The molecule has 0 aromatic carbocycles. The van der Waals surface area contributed by atoms with Gasteiger partial charge in [0.05, 0.1) is 7.11 Å². The Kier molecular flexibility index (Phi) is 3.72. The van der Waals surface area contributed by atoms with E-state index >= 15 is 0 Å². The van der Waals surface area contributed by atoms with Gasteiger partial charge in [-0.05, 0) is 31.2 Å². The highest BCUT2D eigenvalue weighted by atomic mass is 16.5. The molecule has 3 atom stereocenters. The normalized spacial score (nSPS) is 28.2. The molecule has 3 nitrogen and oxygen atoms in total. The number of methoxy groups -OCH3 is 1. The Balaban J connectivity index is 2.19.